The van der Waals surface area contributed by atoms with Gasteiger partial charge in [0.1, 0.15) is 5.82 Å². The van der Waals surface area contributed by atoms with Crippen LogP contribution in [-0.2, 0) is 11.2 Å². The van der Waals surface area contributed by atoms with Gasteiger partial charge in [0.05, 0.1) is 12.6 Å². The number of nitrogens with one attached hydrogen (secondary N) is 1. The van der Waals surface area contributed by atoms with Crippen LogP contribution in [0.2, 0.25) is 5.02 Å². The first kappa shape index (κ1) is 17.3. The summed E-state index contributed by atoms with van der Waals surface area (Å²) in [5.41, 5.74) is 3.97. The first-order chi connectivity index (χ1) is 13.0. The molecule has 0 aliphatic carbocycles. The number of hydrogen-bond donors (Lipinski definition) is 1. The lowest BCUT2D eigenvalue weighted by molar-refractivity contribution is -0.115. The molecule has 0 fully saturated rings. The van der Waals surface area contributed by atoms with Crippen LogP contribution in [0.5, 0.6) is 0 Å². The van der Waals surface area contributed by atoms with Crippen LogP contribution in [0, 0.1) is 13.8 Å². The second-order valence-corrected chi connectivity index (χ2v) is 6.78. The van der Waals surface area contributed by atoms with Gasteiger partial charge in [0, 0.05) is 16.3 Å². The lowest BCUT2D eigenvalue weighted by atomic mass is 10.1. The van der Waals surface area contributed by atoms with Crippen LogP contribution in [0.4, 0.5) is 5.69 Å². The Morgan fingerprint density at radius 1 is 1.22 bits per heavy atom. The fraction of sp³-hybridized carbons (Fsp3) is 0.150. The standard InChI is InChI=1S/C20H17ClN4O2/c1-12-8-15(20-24-25-13(2)22-11-19(25)27-20)6-7-17(12)23-18(26)10-14-4-3-5-16(21)9-14/h3-9,11H,10H2,1-2H3,(H,23,26). The highest BCUT2D eigenvalue weighted by molar-refractivity contribution is 6.30. The molecule has 0 aliphatic heterocycles. The lowest BCUT2D eigenvalue weighted by Crippen LogP contribution is -2.15. The zero-order chi connectivity index (χ0) is 19.0. The van der Waals surface area contributed by atoms with Gasteiger partial charge in [-0.15, -0.1) is 5.10 Å². The minimum absolute atomic E-state index is 0.0970. The highest BCUT2D eigenvalue weighted by Crippen LogP contribution is 2.25. The van der Waals surface area contributed by atoms with Crippen LogP contribution in [0.3, 0.4) is 0 Å². The number of nitrogens with zero attached hydrogens (tertiary/aromatic N) is 3. The highest BCUT2D eigenvalue weighted by atomic mass is 35.5. The molecule has 0 bridgehead atoms. The molecule has 0 unspecified atom stereocenters. The minimum Gasteiger partial charge on any atom is -0.417 e. The van der Waals surface area contributed by atoms with E-state index < -0.39 is 0 Å². The number of rotatable bonds is 4. The molecular formula is C20H17ClN4O2. The van der Waals surface area contributed by atoms with E-state index in [0.29, 0.717) is 16.6 Å². The fourth-order valence-corrected chi connectivity index (χ4v) is 3.11. The first-order valence-corrected chi connectivity index (χ1v) is 8.84. The Morgan fingerprint density at radius 2 is 2.07 bits per heavy atom. The lowest BCUT2D eigenvalue weighted by Gasteiger charge is -2.09. The van der Waals surface area contributed by atoms with Gasteiger partial charge in [-0.25, -0.2) is 4.98 Å². The topological polar surface area (TPSA) is 72.4 Å². The van der Waals surface area contributed by atoms with Crippen molar-refractivity contribution in [3.8, 4) is 11.5 Å². The van der Waals surface area contributed by atoms with Gasteiger partial charge in [-0.2, -0.15) is 4.52 Å². The number of carbonyl (C=O) groups excluding carboxylic acids is 1. The number of aromatic nitrogens is 3. The second-order valence-electron chi connectivity index (χ2n) is 6.35. The summed E-state index contributed by atoms with van der Waals surface area (Å²) in [4.78, 5) is 16.5. The van der Waals surface area contributed by atoms with Crippen molar-refractivity contribution in [1.29, 1.82) is 0 Å². The maximum absolute atomic E-state index is 12.3. The van der Waals surface area contributed by atoms with E-state index in [-0.39, 0.29) is 12.3 Å². The summed E-state index contributed by atoms with van der Waals surface area (Å²) >= 11 is 5.97. The molecule has 0 radical (unpaired) electrons. The SMILES string of the molecule is Cc1cc(-c2nn3c(C)ncc3o2)ccc1NC(=O)Cc1cccc(Cl)c1. The Bertz CT molecular complexity index is 1150. The maximum Gasteiger partial charge on any atom is 0.246 e. The van der Waals surface area contributed by atoms with Crippen molar-refractivity contribution in [3.63, 3.8) is 0 Å². The largest absolute Gasteiger partial charge is 0.417 e. The molecule has 4 aromatic rings. The highest BCUT2D eigenvalue weighted by Gasteiger charge is 2.13. The van der Waals surface area contributed by atoms with Crippen molar-refractivity contribution in [2.75, 3.05) is 5.32 Å². The molecule has 0 atom stereocenters. The van der Waals surface area contributed by atoms with Crippen LogP contribution in [0.25, 0.3) is 17.2 Å². The summed E-state index contributed by atoms with van der Waals surface area (Å²) < 4.78 is 7.39. The molecule has 6 nitrogen and oxygen atoms in total. The van der Waals surface area contributed by atoms with E-state index in [1.807, 2.05) is 44.2 Å². The maximum atomic E-state index is 12.3. The Hall–Kier alpha value is -3.12. The molecule has 1 N–H and O–H groups in total. The number of anilines is 1. The van der Waals surface area contributed by atoms with Gasteiger partial charge in [0.25, 0.3) is 0 Å². The van der Waals surface area contributed by atoms with Crippen LogP contribution >= 0.6 is 11.6 Å². The third kappa shape index (κ3) is 3.57. The zero-order valence-corrected chi connectivity index (χ0v) is 15.6. The third-order valence-electron chi connectivity index (χ3n) is 4.27. The summed E-state index contributed by atoms with van der Waals surface area (Å²) in [5.74, 6) is 1.18. The molecule has 2 aromatic heterocycles. The van der Waals surface area contributed by atoms with E-state index in [0.717, 1.165) is 28.2 Å². The van der Waals surface area contributed by atoms with E-state index in [1.54, 1.807) is 22.8 Å². The van der Waals surface area contributed by atoms with Crippen LogP contribution in [0.1, 0.15) is 17.0 Å². The van der Waals surface area contributed by atoms with Crippen molar-refractivity contribution in [2.45, 2.75) is 20.3 Å². The van der Waals surface area contributed by atoms with E-state index in [4.69, 9.17) is 16.0 Å². The van der Waals surface area contributed by atoms with Crippen molar-refractivity contribution >= 4 is 28.9 Å². The molecule has 27 heavy (non-hydrogen) atoms. The molecule has 0 saturated heterocycles. The average molecular weight is 381 g/mol. The summed E-state index contributed by atoms with van der Waals surface area (Å²) in [6.45, 7) is 3.80. The fourth-order valence-electron chi connectivity index (χ4n) is 2.90. The van der Waals surface area contributed by atoms with Crippen molar-refractivity contribution < 1.29 is 9.21 Å². The summed E-state index contributed by atoms with van der Waals surface area (Å²) in [6.07, 6.45) is 1.91. The van der Waals surface area contributed by atoms with Crippen LogP contribution in [0.15, 0.2) is 53.1 Å². The Balaban J connectivity index is 1.52. The van der Waals surface area contributed by atoms with Crippen molar-refractivity contribution in [2.24, 2.45) is 0 Å². The molecule has 2 heterocycles. The molecule has 2 aromatic carbocycles. The van der Waals surface area contributed by atoms with Gasteiger partial charge in [-0.05, 0) is 55.3 Å². The Morgan fingerprint density at radius 3 is 2.81 bits per heavy atom. The van der Waals surface area contributed by atoms with Crippen molar-refractivity contribution in [3.05, 3.63) is 70.6 Å². The summed E-state index contributed by atoms with van der Waals surface area (Å²) in [7, 11) is 0. The normalized spacial score (nSPS) is 11.1. The summed E-state index contributed by atoms with van der Waals surface area (Å²) in [6, 6.07) is 12.9. The number of halogens is 1. The number of benzene rings is 2. The van der Waals surface area contributed by atoms with Gasteiger partial charge in [0.15, 0.2) is 0 Å². The average Bonchev–Trinajstić information content (AvgIpc) is 3.19. The van der Waals surface area contributed by atoms with E-state index in [1.165, 1.54) is 0 Å². The molecular weight excluding hydrogens is 364 g/mol. The molecule has 0 saturated carbocycles. The Labute approximate surface area is 160 Å². The van der Waals surface area contributed by atoms with Gasteiger partial charge < -0.3 is 9.73 Å². The quantitative estimate of drug-likeness (QED) is 0.568. The number of amides is 1. The van der Waals surface area contributed by atoms with Gasteiger partial charge >= 0.3 is 0 Å². The number of carbonyl (C=O) groups is 1. The van der Waals surface area contributed by atoms with Gasteiger partial charge in [-0.3, -0.25) is 4.79 Å². The first-order valence-electron chi connectivity index (χ1n) is 8.46. The number of fused-ring (bicyclic) bond motifs is 1. The molecule has 0 aliphatic rings. The number of imidazole rings is 1. The van der Waals surface area contributed by atoms with Crippen LogP contribution in [-0.4, -0.2) is 20.5 Å². The van der Waals surface area contributed by atoms with E-state index in [9.17, 15) is 4.79 Å². The smallest absolute Gasteiger partial charge is 0.246 e. The van der Waals surface area contributed by atoms with E-state index >= 15 is 0 Å². The number of aryl methyl sites for hydroxylation is 2. The minimum atomic E-state index is -0.0970. The van der Waals surface area contributed by atoms with Crippen molar-refractivity contribution in [1.82, 2.24) is 14.6 Å². The van der Waals surface area contributed by atoms with E-state index in [2.05, 4.69) is 15.4 Å². The molecule has 0 spiro atoms. The molecule has 136 valence electrons. The monoisotopic (exact) mass is 380 g/mol. The predicted molar refractivity (Wildman–Crippen MR) is 104 cm³/mol. The van der Waals surface area contributed by atoms with Gasteiger partial charge in [0.2, 0.25) is 17.5 Å². The molecule has 4 rings (SSSR count). The molecule has 7 heteroatoms. The Kier molecular flexibility index (Phi) is 4.41. The third-order valence-corrected chi connectivity index (χ3v) is 4.51. The number of hydrogen-bond acceptors (Lipinski definition) is 4. The zero-order valence-electron chi connectivity index (χ0n) is 14.9. The second kappa shape index (κ2) is 6.89. The molecule has 1 amide bonds. The predicted octanol–water partition coefficient (Wildman–Crippen LogP) is 4.44. The van der Waals surface area contributed by atoms with Crippen LogP contribution < -0.4 is 5.32 Å². The summed E-state index contributed by atoms with van der Waals surface area (Å²) in [5, 5.41) is 7.98. The van der Waals surface area contributed by atoms with Gasteiger partial charge in [-0.1, -0.05) is 23.7 Å².